The maximum Gasteiger partial charge on any atom is 0.240 e. The van der Waals surface area contributed by atoms with E-state index in [2.05, 4.69) is 10.0 Å². The number of fused-ring (bicyclic) bond motifs is 1. The molecule has 3 aliphatic rings. The Labute approximate surface area is 126 Å². The van der Waals surface area contributed by atoms with E-state index in [1.54, 1.807) is 12.1 Å². The van der Waals surface area contributed by atoms with Crippen LogP contribution in [0, 0.1) is 11.8 Å². The molecule has 1 heterocycles. The largest absolute Gasteiger partial charge is 0.385 e. The number of benzene rings is 1. The first-order valence-electron chi connectivity index (χ1n) is 8.03. The Balaban J connectivity index is 1.58. The smallest absolute Gasteiger partial charge is 0.240 e. The molecule has 4 rings (SSSR count). The van der Waals surface area contributed by atoms with E-state index < -0.39 is 10.0 Å². The quantitative estimate of drug-likeness (QED) is 0.879. The minimum atomic E-state index is -3.39. The molecule has 4 nitrogen and oxygen atoms in total. The lowest BCUT2D eigenvalue weighted by Crippen LogP contribution is -2.38. The maximum atomic E-state index is 12.7. The lowest BCUT2D eigenvalue weighted by Gasteiger charge is -2.21. The zero-order valence-corrected chi connectivity index (χ0v) is 13.0. The Hall–Kier alpha value is -1.07. The van der Waals surface area contributed by atoms with Gasteiger partial charge in [-0.1, -0.05) is 6.07 Å². The molecule has 2 saturated carbocycles. The van der Waals surface area contributed by atoms with Crippen molar-refractivity contribution < 1.29 is 8.42 Å². The van der Waals surface area contributed by atoms with Gasteiger partial charge in [0.25, 0.3) is 0 Å². The highest BCUT2D eigenvalue weighted by Crippen LogP contribution is 2.45. The third kappa shape index (κ3) is 2.81. The van der Waals surface area contributed by atoms with Crippen molar-refractivity contribution in [1.82, 2.24) is 4.72 Å². The summed E-state index contributed by atoms with van der Waals surface area (Å²) in [6.07, 6.45) is 6.85. The van der Waals surface area contributed by atoms with Crippen LogP contribution in [-0.4, -0.2) is 21.0 Å². The fourth-order valence-electron chi connectivity index (χ4n) is 3.34. The molecule has 1 aromatic rings. The number of rotatable bonds is 5. The number of hydrogen-bond donors (Lipinski definition) is 2. The molecule has 2 aliphatic carbocycles. The summed E-state index contributed by atoms with van der Waals surface area (Å²) in [7, 11) is -3.39. The summed E-state index contributed by atoms with van der Waals surface area (Å²) in [6.45, 7) is 0.927. The molecule has 1 aliphatic heterocycles. The zero-order valence-electron chi connectivity index (χ0n) is 12.1. The van der Waals surface area contributed by atoms with E-state index in [0.717, 1.165) is 25.1 Å². The summed E-state index contributed by atoms with van der Waals surface area (Å²) < 4.78 is 28.3. The first-order valence-corrected chi connectivity index (χ1v) is 9.51. The first-order chi connectivity index (χ1) is 10.1. The average Bonchev–Trinajstić information content (AvgIpc) is 3.38. The molecule has 21 heavy (non-hydrogen) atoms. The number of nitrogens with one attached hydrogen (secondary N) is 2. The second-order valence-corrected chi connectivity index (χ2v) is 8.39. The molecule has 0 aromatic heterocycles. The molecule has 0 spiro atoms. The van der Waals surface area contributed by atoms with E-state index in [9.17, 15) is 8.42 Å². The van der Waals surface area contributed by atoms with Crippen molar-refractivity contribution in [2.24, 2.45) is 11.8 Å². The summed E-state index contributed by atoms with van der Waals surface area (Å²) in [5, 5.41) is 3.31. The van der Waals surface area contributed by atoms with Gasteiger partial charge in [-0.05, 0) is 68.1 Å². The van der Waals surface area contributed by atoms with Crippen LogP contribution in [0.2, 0.25) is 0 Å². The molecule has 2 N–H and O–H groups in total. The van der Waals surface area contributed by atoms with Gasteiger partial charge in [-0.25, -0.2) is 13.1 Å². The highest BCUT2D eigenvalue weighted by atomic mass is 32.2. The van der Waals surface area contributed by atoms with Crippen molar-refractivity contribution in [3.8, 4) is 0 Å². The summed E-state index contributed by atoms with van der Waals surface area (Å²) in [4.78, 5) is 0.405. The van der Waals surface area contributed by atoms with E-state index in [0.29, 0.717) is 16.7 Å². The monoisotopic (exact) mass is 306 g/mol. The van der Waals surface area contributed by atoms with E-state index in [1.807, 2.05) is 6.07 Å². The second-order valence-electron chi connectivity index (χ2n) is 6.67. The van der Waals surface area contributed by atoms with Crippen molar-refractivity contribution in [2.45, 2.75) is 49.5 Å². The SMILES string of the molecule is O=S(=O)(NC(C1CC1)C1CC1)c1ccc2c(c1)NCCC2. The Kier molecular flexibility index (Phi) is 3.23. The number of sulfonamides is 1. The van der Waals surface area contributed by atoms with Gasteiger partial charge in [-0.15, -0.1) is 0 Å². The molecule has 5 heteroatoms. The van der Waals surface area contributed by atoms with Crippen molar-refractivity contribution >= 4 is 15.7 Å². The van der Waals surface area contributed by atoms with Crippen molar-refractivity contribution in [2.75, 3.05) is 11.9 Å². The third-order valence-electron chi connectivity index (χ3n) is 4.88. The predicted octanol–water partition coefficient (Wildman–Crippen LogP) is 2.51. The minimum Gasteiger partial charge on any atom is -0.385 e. The molecule has 2 fully saturated rings. The fraction of sp³-hybridized carbons (Fsp3) is 0.625. The van der Waals surface area contributed by atoms with Crippen LogP contribution in [0.25, 0.3) is 0 Å². The average molecular weight is 306 g/mol. The minimum absolute atomic E-state index is 0.166. The predicted molar refractivity (Wildman–Crippen MR) is 82.8 cm³/mol. The molecular weight excluding hydrogens is 284 g/mol. The van der Waals surface area contributed by atoms with Crippen LogP contribution in [0.1, 0.15) is 37.7 Å². The van der Waals surface area contributed by atoms with Gasteiger partial charge >= 0.3 is 0 Å². The van der Waals surface area contributed by atoms with Crippen LogP contribution in [-0.2, 0) is 16.4 Å². The highest BCUT2D eigenvalue weighted by Gasteiger charge is 2.43. The van der Waals surface area contributed by atoms with E-state index in [4.69, 9.17) is 0 Å². The van der Waals surface area contributed by atoms with Gasteiger partial charge in [-0.2, -0.15) is 0 Å². The molecule has 0 bridgehead atoms. The molecule has 0 amide bonds. The van der Waals surface area contributed by atoms with Crippen LogP contribution >= 0.6 is 0 Å². The number of aryl methyl sites for hydroxylation is 1. The Morgan fingerprint density at radius 2 is 1.86 bits per heavy atom. The molecule has 0 unspecified atom stereocenters. The Morgan fingerprint density at radius 3 is 2.52 bits per heavy atom. The van der Waals surface area contributed by atoms with Gasteiger partial charge in [0, 0.05) is 18.3 Å². The van der Waals surface area contributed by atoms with Gasteiger partial charge in [0.1, 0.15) is 0 Å². The lowest BCUT2D eigenvalue weighted by atomic mass is 10.0. The molecular formula is C16H22N2O2S. The molecule has 0 atom stereocenters. The Bertz CT molecular complexity index is 636. The summed E-state index contributed by atoms with van der Waals surface area (Å²) in [5.74, 6) is 1.14. The van der Waals surface area contributed by atoms with Gasteiger partial charge in [0.05, 0.1) is 4.90 Å². The van der Waals surface area contributed by atoms with Gasteiger partial charge in [0.15, 0.2) is 0 Å². The van der Waals surface area contributed by atoms with Crippen molar-refractivity contribution in [3.05, 3.63) is 23.8 Å². The van der Waals surface area contributed by atoms with Crippen LogP contribution in [0.3, 0.4) is 0 Å². The van der Waals surface area contributed by atoms with Crippen LogP contribution in [0.4, 0.5) is 5.69 Å². The number of anilines is 1. The highest BCUT2D eigenvalue weighted by molar-refractivity contribution is 7.89. The Morgan fingerprint density at radius 1 is 1.14 bits per heavy atom. The third-order valence-corrected chi connectivity index (χ3v) is 6.34. The molecule has 1 aromatic carbocycles. The van der Waals surface area contributed by atoms with Crippen molar-refractivity contribution in [3.63, 3.8) is 0 Å². The topological polar surface area (TPSA) is 58.2 Å². The van der Waals surface area contributed by atoms with Crippen LogP contribution < -0.4 is 10.0 Å². The van der Waals surface area contributed by atoms with Gasteiger partial charge in [0.2, 0.25) is 10.0 Å². The molecule has 0 saturated heterocycles. The van der Waals surface area contributed by atoms with E-state index in [1.165, 1.54) is 31.2 Å². The molecule has 114 valence electrons. The van der Waals surface area contributed by atoms with E-state index >= 15 is 0 Å². The van der Waals surface area contributed by atoms with Crippen LogP contribution in [0.15, 0.2) is 23.1 Å². The van der Waals surface area contributed by atoms with Crippen molar-refractivity contribution in [1.29, 1.82) is 0 Å². The van der Waals surface area contributed by atoms with Crippen LogP contribution in [0.5, 0.6) is 0 Å². The summed E-state index contributed by atoms with van der Waals surface area (Å²) in [6, 6.07) is 5.68. The van der Waals surface area contributed by atoms with E-state index in [-0.39, 0.29) is 6.04 Å². The standard InChI is InChI=1S/C16H22N2O2S/c19-21(20,18-16(12-3-4-12)13-5-6-13)14-8-7-11-2-1-9-17-15(11)10-14/h7-8,10,12-13,16-18H,1-6,9H2. The van der Waals surface area contributed by atoms with Gasteiger partial charge in [-0.3, -0.25) is 0 Å². The maximum absolute atomic E-state index is 12.7. The van der Waals surface area contributed by atoms with Gasteiger partial charge < -0.3 is 5.32 Å². The lowest BCUT2D eigenvalue weighted by molar-refractivity contribution is 0.471. The zero-order chi connectivity index (χ0) is 14.4. The normalized spacial score (nSPS) is 22.0. The summed E-state index contributed by atoms with van der Waals surface area (Å²) >= 11 is 0. The number of hydrogen-bond acceptors (Lipinski definition) is 3. The molecule has 0 radical (unpaired) electrons. The second kappa shape index (κ2) is 4.99. The summed E-state index contributed by atoms with van der Waals surface area (Å²) in [5.41, 5.74) is 2.21. The first kappa shape index (κ1) is 13.6. The fourth-order valence-corrected chi connectivity index (χ4v) is 4.74.